The highest BCUT2D eigenvalue weighted by molar-refractivity contribution is 5.96. The van der Waals surface area contributed by atoms with Crippen LogP contribution in [0.5, 0.6) is 0 Å². The molecule has 12 nitrogen and oxygen atoms in total. The van der Waals surface area contributed by atoms with Crippen molar-refractivity contribution in [3.8, 4) is 0 Å². The summed E-state index contributed by atoms with van der Waals surface area (Å²) in [6.07, 6.45) is -2.03. The zero-order valence-electron chi connectivity index (χ0n) is 19.4. The van der Waals surface area contributed by atoms with Crippen LogP contribution in [0.15, 0.2) is 30.3 Å². The predicted octanol–water partition coefficient (Wildman–Crippen LogP) is -1.99. The minimum Gasteiger partial charge on any atom is -0.480 e. The van der Waals surface area contributed by atoms with Gasteiger partial charge in [-0.3, -0.25) is 19.2 Å². The summed E-state index contributed by atoms with van der Waals surface area (Å²) in [7, 11) is 0. The van der Waals surface area contributed by atoms with E-state index >= 15 is 0 Å². The maximum absolute atomic E-state index is 13.1. The number of aliphatic carboxylic acids is 1. The number of carbonyl (C=O) groups is 5. The lowest BCUT2D eigenvalue weighted by atomic mass is 10.0. The molecule has 1 rings (SSSR count). The van der Waals surface area contributed by atoms with Crippen LogP contribution in [0.1, 0.15) is 32.8 Å². The van der Waals surface area contributed by atoms with Gasteiger partial charge in [0.1, 0.15) is 12.1 Å². The third-order valence-corrected chi connectivity index (χ3v) is 5.02. The molecule has 0 aliphatic carbocycles. The van der Waals surface area contributed by atoms with Gasteiger partial charge in [0.2, 0.25) is 23.6 Å². The number of carboxylic acid groups (broad SMARTS) is 1. The van der Waals surface area contributed by atoms with Crippen LogP contribution in [0.25, 0.3) is 0 Å². The Morgan fingerprint density at radius 1 is 0.882 bits per heavy atom. The van der Waals surface area contributed by atoms with Gasteiger partial charge in [-0.15, -0.1) is 0 Å². The van der Waals surface area contributed by atoms with Crippen molar-refractivity contribution in [1.82, 2.24) is 16.0 Å². The fourth-order valence-corrected chi connectivity index (χ4v) is 2.96. The van der Waals surface area contributed by atoms with E-state index in [2.05, 4.69) is 16.0 Å². The summed E-state index contributed by atoms with van der Waals surface area (Å²) in [6, 6.07) is 3.48. The lowest BCUT2D eigenvalue weighted by molar-refractivity contribution is -0.145. The molecule has 0 heterocycles. The molecule has 0 radical (unpaired) electrons. The maximum Gasteiger partial charge on any atom is 0.328 e. The highest BCUT2D eigenvalue weighted by atomic mass is 16.4. The number of primary amides is 1. The molecule has 5 atom stereocenters. The van der Waals surface area contributed by atoms with E-state index in [1.54, 1.807) is 44.2 Å². The lowest BCUT2D eigenvalue weighted by Gasteiger charge is -2.26. The highest BCUT2D eigenvalue weighted by Gasteiger charge is 2.33. The van der Waals surface area contributed by atoms with Crippen LogP contribution in [-0.2, 0) is 30.4 Å². The Kier molecular flexibility index (Phi) is 11.1. The summed E-state index contributed by atoms with van der Waals surface area (Å²) >= 11 is 0. The number of benzene rings is 1. The molecule has 0 saturated carbocycles. The van der Waals surface area contributed by atoms with Gasteiger partial charge < -0.3 is 37.6 Å². The topological polar surface area (TPSA) is 214 Å². The van der Waals surface area contributed by atoms with Crippen LogP contribution in [0.3, 0.4) is 0 Å². The largest absolute Gasteiger partial charge is 0.480 e. The SMILES string of the molecule is CC(C)C(N)C(=O)NC(Cc1ccccc1)C(=O)NC(CC(N)=O)C(=O)NC(C(=O)O)C(C)O. The molecule has 188 valence electrons. The minimum atomic E-state index is -1.68. The third-order valence-electron chi connectivity index (χ3n) is 5.02. The number of hydrogen-bond donors (Lipinski definition) is 7. The van der Waals surface area contributed by atoms with Gasteiger partial charge in [-0.2, -0.15) is 0 Å². The van der Waals surface area contributed by atoms with Crippen LogP contribution in [0.4, 0.5) is 0 Å². The first-order valence-corrected chi connectivity index (χ1v) is 10.7. The van der Waals surface area contributed by atoms with E-state index in [4.69, 9.17) is 11.5 Å². The number of rotatable bonds is 13. The van der Waals surface area contributed by atoms with Gasteiger partial charge in [0.05, 0.1) is 18.6 Å². The quantitative estimate of drug-likeness (QED) is 0.168. The molecule has 4 amide bonds. The molecule has 0 saturated heterocycles. The molecular weight excluding hydrogens is 446 g/mol. The van der Waals surface area contributed by atoms with Crippen molar-refractivity contribution in [2.45, 2.75) is 63.9 Å². The molecule has 9 N–H and O–H groups in total. The molecular formula is C22H33N5O7. The Hall–Kier alpha value is -3.51. The molecule has 0 bridgehead atoms. The molecule has 12 heteroatoms. The predicted molar refractivity (Wildman–Crippen MR) is 122 cm³/mol. The normalized spacial score (nSPS) is 15.4. The van der Waals surface area contributed by atoms with Crippen molar-refractivity contribution in [2.24, 2.45) is 17.4 Å². The minimum absolute atomic E-state index is 0.0551. The number of nitrogens with one attached hydrogen (secondary N) is 3. The molecule has 1 aromatic rings. The Morgan fingerprint density at radius 3 is 1.88 bits per heavy atom. The van der Waals surface area contributed by atoms with Gasteiger partial charge in [0, 0.05) is 6.42 Å². The Balaban J connectivity index is 3.12. The molecule has 0 fully saturated rings. The van der Waals surface area contributed by atoms with Crippen molar-refractivity contribution in [2.75, 3.05) is 0 Å². The Labute approximate surface area is 197 Å². The summed E-state index contributed by atoms with van der Waals surface area (Å²) in [5.74, 6) is -5.08. The van der Waals surface area contributed by atoms with Crippen LogP contribution < -0.4 is 27.4 Å². The maximum atomic E-state index is 13.1. The zero-order valence-corrected chi connectivity index (χ0v) is 19.4. The van der Waals surface area contributed by atoms with Gasteiger partial charge in [0.25, 0.3) is 0 Å². The summed E-state index contributed by atoms with van der Waals surface area (Å²) in [4.78, 5) is 61.0. The monoisotopic (exact) mass is 479 g/mol. The van der Waals surface area contributed by atoms with E-state index in [0.717, 1.165) is 6.92 Å². The molecule has 5 unspecified atom stereocenters. The number of hydrogen-bond acceptors (Lipinski definition) is 7. The average molecular weight is 480 g/mol. The highest BCUT2D eigenvalue weighted by Crippen LogP contribution is 2.07. The van der Waals surface area contributed by atoms with Crippen molar-refractivity contribution in [3.63, 3.8) is 0 Å². The van der Waals surface area contributed by atoms with Gasteiger partial charge in [-0.05, 0) is 18.4 Å². The van der Waals surface area contributed by atoms with E-state index in [0.29, 0.717) is 5.56 Å². The van der Waals surface area contributed by atoms with Crippen molar-refractivity contribution in [3.05, 3.63) is 35.9 Å². The van der Waals surface area contributed by atoms with E-state index in [1.807, 2.05) is 0 Å². The fraction of sp³-hybridized carbons (Fsp3) is 0.500. The number of aliphatic hydroxyl groups excluding tert-OH is 1. The van der Waals surface area contributed by atoms with E-state index < -0.39 is 66.3 Å². The van der Waals surface area contributed by atoms with E-state index in [1.165, 1.54) is 0 Å². The smallest absolute Gasteiger partial charge is 0.328 e. The third kappa shape index (κ3) is 9.16. The van der Waals surface area contributed by atoms with Crippen molar-refractivity contribution < 1.29 is 34.2 Å². The second kappa shape index (κ2) is 13.3. The van der Waals surface area contributed by atoms with E-state index in [-0.39, 0.29) is 12.3 Å². The van der Waals surface area contributed by atoms with Crippen LogP contribution >= 0.6 is 0 Å². The van der Waals surface area contributed by atoms with E-state index in [9.17, 15) is 34.2 Å². The summed E-state index contributed by atoms with van der Waals surface area (Å²) in [5, 5.41) is 25.7. The summed E-state index contributed by atoms with van der Waals surface area (Å²) < 4.78 is 0. The number of amides is 4. The van der Waals surface area contributed by atoms with Crippen LogP contribution in [0, 0.1) is 5.92 Å². The first kappa shape index (κ1) is 28.5. The van der Waals surface area contributed by atoms with Gasteiger partial charge in [-0.1, -0.05) is 44.2 Å². The molecule has 0 aromatic heterocycles. The second-order valence-electron chi connectivity index (χ2n) is 8.32. The standard InChI is InChI=1S/C22H33N5O7/c1-11(2)17(24)21(32)26-14(9-13-7-5-4-6-8-13)19(30)25-15(10-16(23)29)20(31)27-18(12(3)28)22(33)34/h4-8,11-12,14-15,17-18,28H,9-10,24H2,1-3H3,(H2,23,29)(H,25,30)(H,26,32)(H,27,31)(H,33,34). The summed E-state index contributed by atoms with van der Waals surface area (Å²) in [6.45, 7) is 4.64. The van der Waals surface area contributed by atoms with Gasteiger partial charge in [0.15, 0.2) is 6.04 Å². The van der Waals surface area contributed by atoms with Gasteiger partial charge in [-0.25, -0.2) is 4.79 Å². The van der Waals surface area contributed by atoms with Crippen LogP contribution in [-0.4, -0.2) is 70.1 Å². The van der Waals surface area contributed by atoms with Gasteiger partial charge >= 0.3 is 5.97 Å². The molecule has 0 aliphatic heterocycles. The molecule has 0 aliphatic rings. The summed E-state index contributed by atoms with van der Waals surface area (Å²) in [5.41, 5.74) is 11.8. The fourth-order valence-electron chi connectivity index (χ4n) is 2.96. The zero-order chi connectivity index (χ0) is 26.0. The first-order valence-electron chi connectivity index (χ1n) is 10.7. The first-order chi connectivity index (χ1) is 15.8. The average Bonchev–Trinajstić information content (AvgIpc) is 2.75. The van der Waals surface area contributed by atoms with Crippen molar-refractivity contribution in [1.29, 1.82) is 0 Å². The molecule has 1 aromatic carbocycles. The number of aliphatic hydroxyl groups is 1. The van der Waals surface area contributed by atoms with Crippen molar-refractivity contribution >= 4 is 29.6 Å². The Morgan fingerprint density at radius 2 is 1.41 bits per heavy atom. The number of carbonyl (C=O) groups excluding carboxylic acids is 4. The molecule has 34 heavy (non-hydrogen) atoms. The van der Waals surface area contributed by atoms with Crippen LogP contribution in [0.2, 0.25) is 0 Å². The second-order valence-corrected chi connectivity index (χ2v) is 8.32. The Bertz CT molecular complexity index is 876. The molecule has 0 spiro atoms. The number of carboxylic acids is 1. The number of nitrogens with two attached hydrogens (primary N) is 2. The lowest BCUT2D eigenvalue weighted by Crippen LogP contribution is -2.59.